The molecule has 20 heavy (non-hydrogen) atoms. The van der Waals surface area contributed by atoms with E-state index in [1.165, 1.54) is 0 Å². The summed E-state index contributed by atoms with van der Waals surface area (Å²) in [6, 6.07) is 5.77. The minimum Gasteiger partial charge on any atom is -0.318 e. The van der Waals surface area contributed by atoms with Gasteiger partial charge in [-0.25, -0.2) is 0 Å². The van der Waals surface area contributed by atoms with E-state index in [2.05, 4.69) is 15.5 Å². The minimum absolute atomic E-state index is 0. The van der Waals surface area contributed by atoms with Crippen molar-refractivity contribution in [1.29, 1.82) is 0 Å². The van der Waals surface area contributed by atoms with Crippen LogP contribution in [0.5, 0.6) is 0 Å². The van der Waals surface area contributed by atoms with Gasteiger partial charge in [-0.15, -0.1) is 23.7 Å². The highest BCUT2D eigenvalue weighted by Crippen LogP contribution is 2.24. The van der Waals surface area contributed by atoms with Gasteiger partial charge in [0.1, 0.15) is 0 Å². The highest BCUT2D eigenvalue weighted by atomic mass is 35.5. The maximum atomic E-state index is 12.0. The fourth-order valence-electron chi connectivity index (χ4n) is 1.84. The van der Waals surface area contributed by atoms with Gasteiger partial charge >= 0.3 is 0 Å². The molecule has 2 rings (SSSR count). The number of nitrogens with two attached hydrogens (primary N) is 1. The smallest absolute Gasteiger partial charge is 0.245 e. The van der Waals surface area contributed by atoms with Crippen molar-refractivity contribution < 1.29 is 4.79 Å². The number of halogens is 1. The number of carbonyl (C=O) groups is 1. The molecule has 5 nitrogen and oxygen atoms in total. The Balaban J connectivity index is 0.00000200. The van der Waals surface area contributed by atoms with Crippen LogP contribution in [0.2, 0.25) is 0 Å². The first-order valence-corrected chi connectivity index (χ1v) is 7.10. The van der Waals surface area contributed by atoms with Gasteiger partial charge in [0.05, 0.1) is 16.1 Å². The number of hydrogen-bond acceptors (Lipinski definition) is 4. The summed E-state index contributed by atoms with van der Waals surface area (Å²) in [5.41, 5.74) is 6.00. The van der Waals surface area contributed by atoms with Gasteiger partial charge in [0.2, 0.25) is 5.91 Å². The van der Waals surface area contributed by atoms with Crippen LogP contribution < -0.4 is 11.1 Å². The molecular formula is C13H19ClN4OS. The summed E-state index contributed by atoms with van der Waals surface area (Å²) in [6.45, 7) is 3.74. The summed E-state index contributed by atoms with van der Waals surface area (Å²) in [6.07, 6.45) is 1.50. The molecule has 0 radical (unpaired) electrons. The summed E-state index contributed by atoms with van der Waals surface area (Å²) in [5, 5.41) is 11.7. The molecule has 0 saturated carbocycles. The number of anilines is 1. The molecule has 2 heterocycles. The lowest BCUT2D eigenvalue weighted by atomic mass is 9.97. The third-order valence-electron chi connectivity index (χ3n) is 2.89. The van der Waals surface area contributed by atoms with E-state index in [1.54, 1.807) is 18.3 Å². The molecule has 0 aliphatic heterocycles. The number of nitrogens with one attached hydrogen (secondary N) is 2. The molecule has 0 spiro atoms. The summed E-state index contributed by atoms with van der Waals surface area (Å²) >= 11 is 1.61. The van der Waals surface area contributed by atoms with Gasteiger partial charge in [0.15, 0.2) is 5.82 Å². The zero-order valence-corrected chi connectivity index (χ0v) is 13.1. The SMILES string of the molecule is CCCC(C)(N)C(=O)Nc1cc(-c2cccs2)[nH]n1.Cl. The fourth-order valence-corrected chi connectivity index (χ4v) is 2.53. The van der Waals surface area contributed by atoms with Crippen LogP contribution in [0.3, 0.4) is 0 Å². The summed E-state index contributed by atoms with van der Waals surface area (Å²) in [4.78, 5) is 13.1. The van der Waals surface area contributed by atoms with E-state index >= 15 is 0 Å². The van der Waals surface area contributed by atoms with Gasteiger partial charge in [-0.1, -0.05) is 19.4 Å². The number of aromatic amines is 1. The number of carbonyl (C=O) groups excluding carboxylic acids is 1. The molecule has 1 amide bonds. The summed E-state index contributed by atoms with van der Waals surface area (Å²) in [7, 11) is 0. The zero-order valence-electron chi connectivity index (χ0n) is 11.5. The topological polar surface area (TPSA) is 83.8 Å². The highest BCUT2D eigenvalue weighted by molar-refractivity contribution is 7.13. The van der Waals surface area contributed by atoms with E-state index in [4.69, 9.17) is 5.73 Å². The van der Waals surface area contributed by atoms with Gasteiger partial charge in [0.25, 0.3) is 0 Å². The Morgan fingerprint density at radius 3 is 2.95 bits per heavy atom. The van der Waals surface area contributed by atoms with E-state index in [9.17, 15) is 4.79 Å². The average Bonchev–Trinajstić information content (AvgIpc) is 2.97. The maximum absolute atomic E-state index is 12.0. The first-order valence-electron chi connectivity index (χ1n) is 6.22. The molecule has 0 aliphatic rings. The number of amides is 1. The molecule has 0 aromatic carbocycles. The summed E-state index contributed by atoms with van der Waals surface area (Å²) in [5.74, 6) is 0.291. The van der Waals surface area contributed by atoms with Crippen molar-refractivity contribution in [1.82, 2.24) is 10.2 Å². The molecule has 7 heteroatoms. The lowest BCUT2D eigenvalue weighted by Gasteiger charge is -2.21. The lowest BCUT2D eigenvalue weighted by Crippen LogP contribution is -2.48. The Morgan fingerprint density at radius 1 is 1.60 bits per heavy atom. The Labute approximate surface area is 128 Å². The Hall–Kier alpha value is -1.37. The minimum atomic E-state index is -0.864. The quantitative estimate of drug-likeness (QED) is 0.793. The number of rotatable bonds is 5. The van der Waals surface area contributed by atoms with Crippen molar-refractivity contribution >= 4 is 35.5 Å². The number of thiophene rings is 1. The van der Waals surface area contributed by atoms with Gasteiger partial charge in [-0.05, 0) is 24.8 Å². The van der Waals surface area contributed by atoms with Crippen molar-refractivity contribution in [2.75, 3.05) is 5.32 Å². The van der Waals surface area contributed by atoms with E-state index in [1.807, 2.05) is 30.5 Å². The van der Waals surface area contributed by atoms with Crippen molar-refractivity contribution in [3.63, 3.8) is 0 Å². The van der Waals surface area contributed by atoms with Gasteiger partial charge < -0.3 is 11.1 Å². The normalized spacial score (nSPS) is 13.3. The van der Waals surface area contributed by atoms with Crippen LogP contribution in [-0.2, 0) is 4.79 Å². The van der Waals surface area contributed by atoms with Crippen LogP contribution in [0.15, 0.2) is 23.6 Å². The Morgan fingerprint density at radius 2 is 2.35 bits per heavy atom. The predicted octanol–water partition coefficient (Wildman–Crippen LogP) is 3.02. The monoisotopic (exact) mass is 314 g/mol. The molecule has 110 valence electrons. The third kappa shape index (κ3) is 3.82. The zero-order chi connectivity index (χ0) is 13.9. The third-order valence-corrected chi connectivity index (χ3v) is 3.80. The van der Waals surface area contributed by atoms with Gasteiger partial charge in [0, 0.05) is 6.07 Å². The van der Waals surface area contributed by atoms with Crippen molar-refractivity contribution in [3.8, 4) is 10.6 Å². The molecule has 0 aliphatic carbocycles. The molecule has 0 bridgehead atoms. The molecule has 1 atom stereocenters. The molecule has 2 aromatic heterocycles. The predicted molar refractivity (Wildman–Crippen MR) is 85.3 cm³/mol. The molecule has 0 fully saturated rings. The molecular weight excluding hydrogens is 296 g/mol. The van der Waals surface area contributed by atoms with Crippen LogP contribution in [0.25, 0.3) is 10.6 Å². The second kappa shape index (κ2) is 6.88. The van der Waals surface area contributed by atoms with Gasteiger partial charge in [-0.2, -0.15) is 5.10 Å². The van der Waals surface area contributed by atoms with E-state index in [0.29, 0.717) is 12.2 Å². The molecule has 4 N–H and O–H groups in total. The first kappa shape index (κ1) is 16.7. The Kier molecular flexibility index (Phi) is 5.74. The highest BCUT2D eigenvalue weighted by Gasteiger charge is 2.27. The Bertz CT molecular complexity index is 550. The van der Waals surface area contributed by atoms with Crippen LogP contribution in [-0.4, -0.2) is 21.6 Å². The largest absolute Gasteiger partial charge is 0.318 e. The molecule has 0 saturated heterocycles. The fraction of sp³-hybridized carbons (Fsp3) is 0.385. The number of aromatic nitrogens is 2. The average molecular weight is 315 g/mol. The van der Waals surface area contributed by atoms with E-state index in [-0.39, 0.29) is 18.3 Å². The van der Waals surface area contributed by atoms with Crippen molar-refractivity contribution in [3.05, 3.63) is 23.6 Å². The first-order chi connectivity index (χ1) is 9.03. The van der Waals surface area contributed by atoms with Crippen LogP contribution in [0, 0.1) is 0 Å². The van der Waals surface area contributed by atoms with Gasteiger partial charge in [-0.3, -0.25) is 9.89 Å². The number of hydrogen-bond donors (Lipinski definition) is 3. The number of H-pyrrole nitrogens is 1. The van der Waals surface area contributed by atoms with Crippen LogP contribution in [0.4, 0.5) is 5.82 Å². The second-order valence-electron chi connectivity index (χ2n) is 4.77. The lowest BCUT2D eigenvalue weighted by molar-refractivity contribution is -0.120. The molecule has 2 aromatic rings. The van der Waals surface area contributed by atoms with Crippen molar-refractivity contribution in [2.24, 2.45) is 5.73 Å². The number of nitrogens with zero attached hydrogens (tertiary/aromatic N) is 1. The molecule has 1 unspecified atom stereocenters. The van der Waals surface area contributed by atoms with E-state index in [0.717, 1.165) is 17.0 Å². The summed E-state index contributed by atoms with van der Waals surface area (Å²) < 4.78 is 0. The van der Waals surface area contributed by atoms with Crippen LogP contribution >= 0.6 is 23.7 Å². The van der Waals surface area contributed by atoms with Crippen molar-refractivity contribution in [2.45, 2.75) is 32.2 Å². The second-order valence-corrected chi connectivity index (χ2v) is 5.71. The van der Waals surface area contributed by atoms with Crippen LogP contribution in [0.1, 0.15) is 26.7 Å². The van der Waals surface area contributed by atoms with E-state index < -0.39 is 5.54 Å². The maximum Gasteiger partial charge on any atom is 0.245 e. The standard InChI is InChI=1S/C13H18N4OS.ClH/c1-3-6-13(2,14)12(18)15-11-8-9(16-17-11)10-5-4-7-19-10;/h4-5,7-8H,3,6,14H2,1-2H3,(H2,15,16,17,18);1H.